The molecule has 0 fully saturated rings. The van der Waals surface area contributed by atoms with E-state index in [1.807, 2.05) is 13.1 Å². The topological polar surface area (TPSA) is 12.0 Å². The molecule has 0 bridgehead atoms. The average molecular weight is 213 g/mol. The predicted octanol–water partition coefficient (Wildman–Crippen LogP) is 3.05. The summed E-state index contributed by atoms with van der Waals surface area (Å²) in [4.78, 5) is 1.18. The fourth-order valence-electron chi connectivity index (χ4n) is 1.23. The smallest absolute Gasteiger partial charge is 0.123 e. The molecular weight excluding hydrogens is 197 g/mol. The van der Waals surface area contributed by atoms with Gasteiger partial charge in [-0.1, -0.05) is 6.92 Å². The van der Waals surface area contributed by atoms with Crippen molar-refractivity contribution in [3.63, 3.8) is 0 Å². The zero-order valence-electron chi connectivity index (χ0n) is 8.64. The normalized spacial score (nSPS) is 10.5. The summed E-state index contributed by atoms with van der Waals surface area (Å²) in [5.74, 6) is 0.929. The summed E-state index contributed by atoms with van der Waals surface area (Å²) < 4.78 is 13.0. The van der Waals surface area contributed by atoms with E-state index in [0.29, 0.717) is 0 Å². The van der Waals surface area contributed by atoms with Gasteiger partial charge in [0.25, 0.3) is 0 Å². The molecule has 0 saturated heterocycles. The minimum atomic E-state index is -0.156. The number of nitrogens with one attached hydrogen (secondary N) is 1. The van der Waals surface area contributed by atoms with Gasteiger partial charge in [0, 0.05) is 11.4 Å². The lowest BCUT2D eigenvalue weighted by Gasteiger charge is -2.08. The van der Waals surface area contributed by atoms with E-state index >= 15 is 0 Å². The minimum absolute atomic E-state index is 0.156. The fourth-order valence-corrected chi connectivity index (χ4v) is 2.13. The summed E-state index contributed by atoms with van der Waals surface area (Å²) in [5, 5.41) is 3.05. The second-order valence-electron chi connectivity index (χ2n) is 3.13. The summed E-state index contributed by atoms with van der Waals surface area (Å²) in [6, 6.07) is 4.99. The molecule has 0 unspecified atom stereocenters. The highest BCUT2D eigenvalue weighted by Crippen LogP contribution is 2.24. The Balaban J connectivity index is 2.78. The zero-order valence-corrected chi connectivity index (χ0v) is 9.46. The van der Waals surface area contributed by atoms with Gasteiger partial charge in [0.2, 0.25) is 0 Å². The molecule has 14 heavy (non-hydrogen) atoms. The highest BCUT2D eigenvalue weighted by atomic mass is 32.2. The molecule has 0 saturated carbocycles. The standard InChI is InChI=1S/C11H16FNS/c1-3-6-14-11-5-4-10(12)7-9(11)8-13-2/h4-5,7,13H,3,6,8H2,1-2H3. The number of thioether (sulfide) groups is 1. The summed E-state index contributed by atoms with van der Waals surface area (Å²) in [7, 11) is 1.87. The lowest BCUT2D eigenvalue weighted by molar-refractivity contribution is 0.621. The predicted molar refractivity (Wildman–Crippen MR) is 60.2 cm³/mol. The maximum Gasteiger partial charge on any atom is 0.123 e. The third-order valence-corrected chi connectivity index (χ3v) is 3.17. The molecule has 3 heteroatoms. The third kappa shape index (κ3) is 3.31. The first-order chi connectivity index (χ1) is 6.77. The van der Waals surface area contributed by atoms with Crippen LogP contribution in [0.3, 0.4) is 0 Å². The van der Waals surface area contributed by atoms with Gasteiger partial charge in [-0.15, -0.1) is 11.8 Å². The van der Waals surface area contributed by atoms with E-state index in [1.54, 1.807) is 17.8 Å². The fraction of sp³-hybridized carbons (Fsp3) is 0.455. The van der Waals surface area contributed by atoms with Crippen LogP contribution in [0, 0.1) is 5.82 Å². The molecular formula is C11H16FNS. The van der Waals surface area contributed by atoms with Crippen molar-refractivity contribution >= 4 is 11.8 Å². The molecule has 0 amide bonds. The van der Waals surface area contributed by atoms with Crippen LogP contribution in [0.1, 0.15) is 18.9 Å². The Labute approximate surface area is 89.1 Å². The van der Waals surface area contributed by atoms with E-state index < -0.39 is 0 Å². The van der Waals surface area contributed by atoms with Crippen molar-refractivity contribution in [2.45, 2.75) is 24.8 Å². The van der Waals surface area contributed by atoms with E-state index in [-0.39, 0.29) is 5.82 Å². The SMILES string of the molecule is CCCSc1ccc(F)cc1CNC. The average Bonchev–Trinajstić information content (AvgIpc) is 2.17. The number of halogens is 1. The molecule has 0 aliphatic heterocycles. The van der Waals surface area contributed by atoms with Crippen LogP contribution in [-0.2, 0) is 6.54 Å². The molecule has 0 atom stereocenters. The lowest BCUT2D eigenvalue weighted by atomic mass is 10.2. The first-order valence-corrected chi connectivity index (χ1v) is 5.82. The van der Waals surface area contributed by atoms with Gasteiger partial charge < -0.3 is 5.32 Å². The first kappa shape index (κ1) is 11.5. The van der Waals surface area contributed by atoms with E-state index in [2.05, 4.69) is 12.2 Å². The molecule has 0 heterocycles. The van der Waals surface area contributed by atoms with Gasteiger partial charge in [-0.2, -0.15) is 0 Å². The number of hydrogen-bond donors (Lipinski definition) is 1. The number of benzene rings is 1. The van der Waals surface area contributed by atoms with Crippen LogP contribution in [0.15, 0.2) is 23.1 Å². The van der Waals surface area contributed by atoms with Gasteiger partial charge in [-0.3, -0.25) is 0 Å². The highest BCUT2D eigenvalue weighted by Gasteiger charge is 2.03. The minimum Gasteiger partial charge on any atom is -0.316 e. The molecule has 78 valence electrons. The quantitative estimate of drug-likeness (QED) is 0.754. The molecule has 0 radical (unpaired) electrons. The van der Waals surface area contributed by atoms with Crippen molar-refractivity contribution in [2.75, 3.05) is 12.8 Å². The summed E-state index contributed by atoms with van der Waals surface area (Å²) >= 11 is 1.79. The van der Waals surface area contributed by atoms with Crippen LogP contribution >= 0.6 is 11.8 Å². The number of hydrogen-bond acceptors (Lipinski definition) is 2. The second kappa shape index (κ2) is 6.04. The molecule has 1 aromatic rings. The largest absolute Gasteiger partial charge is 0.316 e. The monoisotopic (exact) mass is 213 g/mol. The van der Waals surface area contributed by atoms with E-state index in [9.17, 15) is 4.39 Å². The van der Waals surface area contributed by atoms with Crippen molar-refractivity contribution in [1.29, 1.82) is 0 Å². The second-order valence-corrected chi connectivity index (χ2v) is 4.27. The first-order valence-electron chi connectivity index (χ1n) is 4.83. The van der Waals surface area contributed by atoms with Gasteiger partial charge in [-0.05, 0) is 43.0 Å². The van der Waals surface area contributed by atoms with Crippen LogP contribution in [0.4, 0.5) is 4.39 Å². The Morgan fingerprint density at radius 3 is 2.86 bits per heavy atom. The van der Waals surface area contributed by atoms with Crippen LogP contribution < -0.4 is 5.32 Å². The Kier molecular flexibility index (Phi) is 4.98. The molecule has 1 N–H and O–H groups in total. The van der Waals surface area contributed by atoms with Gasteiger partial charge in [0.1, 0.15) is 5.82 Å². The maximum absolute atomic E-state index is 13.0. The van der Waals surface area contributed by atoms with Gasteiger partial charge >= 0.3 is 0 Å². The van der Waals surface area contributed by atoms with Crippen molar-refractivity contribution in [3.8, 4) is 0 Å². The molecule has 1 nitrogen and oxygen atoms in total. The molecule has 1 rings (SSSR count). The number of rotatable bonds is 5. The van der Waals surface area contributed by atoms with Crippen LogP contribution in [0.25, 0.3) is 0 Å². The zero-order chi connectivity index (χ0) is 10.4. The van der Waals surface area contributed by atoms with Gasteiger partial charge in [0.05, 0.1) is 0 Å². The van der Waals surface area contributed by atoms with Crippen molar-refractivity contribution in [3.05, 3.63) is 29.6 Å². The van der Waals surface area contributed by atoms with Crippen molar-refractivity contribution < 1.29 is 4.39 Å². The maximum atomic E-state index is 13.0. The molecule has 0 aromatic heterocycles. The Morgan fingerprint density at radius 2 is 2.21 bits per heavy atom. The Morgan fingerprint density at radius 1 is 1.43 bits per heavy atom. The lowest BCUT2D eigenvalue weighted by Crippen LogP contribution is -2.06. The van der Waals surface area contributed by atoms with Gasteiger partial charge in [0.15, 0.2) is 0 Å². The van der Waals surface area contributed by atoms with Crippen LogP contribution in [0.5, 0.6) is 0 Å². The molecule has 0 aliphatic carbocycles. The van der Waals surface area contributed by atoms with Crippen molar-refractivity contribution in [1.82, 2.24) is 5.32 Å². The molecule has 1 aromatic carbocycles. The molecule has 0 spiro atoms. The van der Waals surface area contributed by atoms with Gasteiger partial charge in [-0.25, -0.2) is 4.39 Å². The van der Waals surface area contributed by atoms with E-state index in [1.165, 1.54) is 11.0 Å². The van der Waals surface area contributed by atoms with Crippen LogP contribution in [0.2, 0.25) is 0 Å². The van der Waals surface area contributed by atoms with E-state index in [4.69, 9.17) is 0 Å². The Hall–Kier alpha value is -0.540. The molecule has 0 aliphatic rings. The Bertz CT molecular complexity index is 289. The van der Waals surface area contributed by atoms with Crippen LogP contribution in [-0.4, -0.2) is 12.8 Å². The van der Waals surface area contributed by atoms with Crippen molar-refractivity contribution in [2.24, 2.45) is 0 Å². The van der Waals surface area contributed by atoms with E-state index in [0.717, 1.165) is 24.3 Å². The summed E-state index contributed by atoms with van der Waals surface area (Å²) in [6.45, 7) is 2.87. The highest BCUT2D eigenvalue weighted by molar-refractivity contribution is 7.99. The summed E-state index contributed by atoms with van der Waals surface area (Å²) in [5.41, 5.74) is 1.05. The third-order valence-electron chi connectivity index (χ3n) is 1.85. The summed E-state index contributed by atoms with van der Waals surface area (Å²) in [6.07, 6.45) is 1.14.